The minimum Gasteiger partial charge on any atom is -0.872 e. The summed E-state index contributed by atoms with van der Waals surface area (Å²) in [5.74, 6) is -0.319. The number of amides is 1. The lowest BCUT2D eigenvalue weighted by Gasteiger charge is -2.29. The highest BCUT2D eigenvalue weighted by atomic mass is 16.5. The second-order valence-electron chi connectivity index (χ2n) is 9.56. The molecule has 192 valence electrons. The van der Waals surface area contributed by atoms with Crippen molar-refractivity contribution in [1.82, 2.24) is 4.90 Å². The van der Waals surface area contributed by atoms with Crippen LogP contribution in [0.4, 0.5) is 0 Å². The molecule has 2 heterocycles. The fraction of sp³-hybridized carbons (Fsp3) is 0.448. The topological polar surface area (TPSA) is 83.3 Å². The molecule has 2 aromatic rings. The van der Waals surface area contributed by atoms with E-state index < -0.39 is 23.5 Å². The number of hydrogen-bond acceptors (Lipinski definition) is 5. The zero-order valence-electron chi connectivity index (χ0n) is 21.6. The van der Waals surface area contributed by atoms with Crippen molar-refractivity contribution in [3.8, 4) is 11.5 Å². The molecule has 2 aromatic carbocycles. The monoisotopic (exact) mass is 492 g/mol. The number of ether oxygens (including phenoxy) is 2. The maximum Gasteiger partial charge on any atom is 0.295 e. The van der Waals surface area contributed by atoms with Crippen LogP contribution in [0.3, 0.4) is 0 Å². The van der Waals surface area contributed by atoms with E-state index >= 15 is 0 Å². The highest BCUT2D eigenvalue weighted by molar-refractivity contribution is 6.46. The molecule has 1 N–H and O–H groups in total. The smallest absolute Gasteiger partial charge is 0.295 e. The summed E-state index contributed by atoms with van der Waals surface area (Å²) in [4.78, 5) is 29.5. The van der Waals surface area contributed by atoms with Crippen LogP contribution in [0.15, 0.2) is 48.0 Å². The first kappa shape index (κ1) is 25.8. The van der Waals surface area contributed by atoms with Crippen molar-refractivity contribution in [3.63, 3.8) is 0 Å². The molecule has 1 fully saturated rings. The maximum atomic E-state index is 13.8. The van der Waals surface area contributed by atoms with Crippen LogP contribution in [0, 0.1) is 0 Å². The van der Waals surface area contributed by atoms with Crippen LogP contribution in [0.25, 0.3) is 5.76 Å². The average Bonchev–Trinajstić information content (AvgIpc) is 3.38. The summed E-state index contributed by atoms with van der Waals surface area (Å²) < 4.78 is 11.6. The summed E-state index contributed by atoms with van der Waals surface area (Å²) in [5, 5.41) is 13.8. The van der Waals surface area contributed by atoms with Crippen molar-refractivity contribution in [2.24, 2.45) is 0 Å². The van der Waals surface area contributed by atoms with E-state index in [9.17, 15) is 14.7 Å². The summed E-state index contributed by atoms with van der Waals surface area (Å²) in [7, 11) is 0. The lowest BCUT2D eigenvalue weighted by atomic mass is 9.94. The van der Waals surface area contributed by atoms with Crippen molar-refractivity contribution in [1.29, 1.82) is 0 Å². The first-order chi connectivity index (χ1) is 17.4. The minimum absolute atomic E-state index is 0.00843. The van der Waals surface area contributed by atoms with E-state index in [1.807, 2.05) is 38.1 Å². The third kappa shape index (κ3) is 5.12. The molecular weight excluding hydrogens is 456 g/mol. The third-order valence-electron chi connectivity index (χ3n) is 7.04. The molecule has 2 unspecified atom stereocenters. The molecule has 0 aromatic heterocycles. The third-order valence-corrected chi connectivity index (χ3v) is 7.04. The van der Waals surface area contributed by atoms with Gasteiger partial charge in [-0.05, 0) is 68.1 Å². The van der Waals surface area contributed by atoms with Crippen LogP contribution in [-0.4, -0.2) is 55.5 Å². The molecule has 36 heavy (non-hydrogen) atoms. The number of quaternary nitrogens is 1. The Morgan fingerprint density at radius 1 is 1.14 bits per heavy atom. The van der Waals surface area contributed by atoms with Crippen LogP contribution >= 0.6 is 0 Å². The Morgan fingerprint density at radius 3 is 2.64 bits per heavy atom. The predicted octanol–water partition coefficient (Wildman–Crippen LogP) is 1.95. The van der Waals surface area contributed by atoms with Crippen molar-refractivity contribution < 1.29 is 29.1 Å². The van der Waals surface area contributed by atoms with E-state index in [2.05, 4.69) is 13.8 Å². The first-order valence-electron chi connectivity index (χ1n) is 13.0. The lowest BCUT2D eigenvalue weighted by Crippen LogP contribution is -3.12. The molecule has 0 radical (unpaired) electrons. The summed E-state index contributed by atoms with van der Waals surface area (Å²) in [5.41, 5.74) is 2.06. The Bertz CT molecular complexity index is 1150. The molecular formula is C29H36N2O5. The van der Waals surface area contributed by atoms with E-state index in [0.717, 1.165) is 30.8 Å². The number of Topliss-reactive ketones (excluding diaryl/α,β-unsaturated/α-hetero) is 1. The second kappa shape index (κ2) is 11.2. The van der Waals surface area contributed by atoms with Gasteiger partial charge in [0.05, 0.1) is 38.8 Å². The van der Waals surface area contributed by atoms with Gasteiger partial charge in [-0.1, -0.05) is 30.9 Å². The van der Waals surface area contributed by atoms with Crippen molar-refractivity contribution in [3.05, 3.63) is 64.7 Å². The van der Waals surface area contributed by atoms with Gasteiger partial charge in [0.2, 0.25) is 5.78 Å². The van der Waals surface area contributed by atoms with Gasteiger partial charge in [-0.2, -0.15) is 0 Å². The fourth-order valence-electron chi connectivity index (χ4n) is 5.04. The normalized spacial score (nSPS) is 20.6. The summed E-state index contributed by atoms with van der Waals surface area (Å²) in [6.07, 6.45) is 1.61. The number of likely N-dealkylation sites (tertiary alicyclic amines) is 1. The second-order valence-corrected chi connectivity index (χ2v) is 9.56. The summed E-state index contributed by atoms with van der Waals surface area (Å²) >= 11 is 0. The molecule has 7 heteroatoms. The number of carbonyl (C=O) groups excluding carboxylic acids is 2. The van der Waals surface area contributed by atoms with Gasteiger partial charge in [0.25, 0.3) is 5.91 Å². The molecule has 2 aliphatic rings. The SMILES string of the molecule is CCCOc1cccc(C2/C(=C(\[O-])c3ccc4c(c3)CC(C)O4)C(=O)C(=O)N2CC[NH+](CC)CC)c1. The van der Waals surface area contributed by atoms with Crippen molar-refractivity contribution >= 4 is 17.4 Å². The van der Waals surface area contributed by atoms with Gasteiger partial charge < -0.3 is 24.4 Å². The van der Waals surface area contributed by atoms with Crippen LogP contribution < -0.4 is 19.5 Å². The van der Waals surface area contributed by atoms with E-state index in [-0.39, 0.29) is 11.7 Å². The standard InChI is InChI=1S/C29H36N2O5/c1-5-15-35-23-10-8-9-20(18-23)26-25(28(33)29(34)31(26)14-13-30(6-2)7-3)27(32)21-11-12-24-22(17-21)16-19(4)36-24/h8-12,17-19,26,32H,5-7,13-16H2,1-4H3/b27-25+. The van der Waals surface area contributed by atoms with Crippen LogP contribution in [0.2, 0.25) is 0 Å². The molecule has 7 nitrogen and oxygen atoms in total. The van der Waals surface area contributed by atoms with Gasteiger partial charge in [0.1, 0.15) is 17.6 Å². The molecule has 2 atom stereocenters. The number of rotatable bonds is 10. The van der Waals surface area contributed by atoms with Gasteiger partial charge in [-0.25, -0.2) is 0 Å². The Kier molecular flexibility index (Phi) is 7.99. The van der Waals surface area contributed by atoms with E-state index in [0.29, 0.717) is 43.0 Å². The number of carbonyl (C=O) groups is 2. The van der Waals surface area contributed by atoms with E-state index in [1.165, 1.54) is 4.90 Å². The van der Waals surface area contributed by atoms with Crippen LogP contribution in [0.5, 0.6) is 11.5 Å². The Labute approximate surface area is 213 Å². The quantitative estimate of drug-likeness (QED) is 0.311. The number of nitrogens with one attached hydrogen (secondary N) is 1. The number of benzene rings is 2. The van der Waals surface area contributed by atoms with Crippen LogP contribution in [0.1, 0.15) is 56.8 Å². The Balaban J connectivity index is 1.78. The highest BCUT2D eigenvalue weighted by Crippen LogP contribution is 2.40. The molecule has 1 amide bonds. The number of fused-ring (bicyclic) bond motifs is 1. The van der Waals surface area contributed by atoms with E-state index in [1.54, 1.807) is 23.1 Å². The molecule has 4 rings (SSSR count). The minimum atomic E-state index is -0.749. The Hall–Kier alpha value is -3.32. The lowest BCUT2D eigenvalue weighted by molar-refractivity contribution is -0.895. The van der Waals surface area contributed by atoms with Crippen LogP contribution in [-0.2, 0) is 16.0 Å². The summed E-state index contributed by atoms with van der Waals surface area (Å²) in [6, 6.07) is 11.9. The molecule has 0 saturated carbocycles. The summed E-state index contributed by atoms with van der Waals surface area (Å²) in [6.45, 7) is 11.7. The van der Waals surface area contributed by atoms with Gasteiger partial charge >= 0.3 is 0 Å². The van der Waals surface area contributed by atoms with Gasteiger partial charge in [-0.15, -0.1) is 0 Å². The Morgan fingerprint density at radius 2 is 1.92 bits per heavy atom. The average molecular weight is 493 g/mol. The van der Waals surface area contributed by atoms with E-state index in [4.69, 9.17) is 9.47 Å². The number of likely N-dealkylation sites (N-methyl/N-ethyl adjacent to an activating group) is 1. The van der Waals surface area contributed by atoms with Crippen molar-refractivity contribution in [2.75, 3.05) is 32.8 Å². The number of hydrogen-bond donors (Lipinski definition) is 1. The largest absolute Gasteiger partial charge is 0.872 e. The highest BCUT2D eigenvalue weighted by Gasteiger charge is 2.44. The molecule has 1 saturated heterocycles. The predicted molar refractivity (Wildman–Crippen MR) is 136 cm³/mol. The maximum absolute atomic E-state index is 13.8. The number of ketones is 1. The first-order valence-corrected chi connectivity index (χ1v) is 13.0. The zero-order valence-corrected chi connectivity index (χ0v) is 21.6. The van der Waals surface area contributed by atoms with Gasteiger partial charge in [-0.3, -0.25) is 9.59 Å². The molecule has 2 aliphatic heterocycles. The zero-order chi connectivity index (χ0) is 25.8. The molecule has 0 bridgehead atoms. The van der Waals surface area contributed by atoms with Crippen molar-refractivity contribution in [2.45, 2.75) is 52.7 Å². The molecule has 0 aliphatic carbocycles. The van der Waals surface area contributed by atoms with Gasteiger partial charge in [0, 0.05) is 12.0 Å². The van der Waals surface area contributed by atoms with Gasteiger partial charge in [0.15, 0.2) is 0 Å². The molecule has 0 spiro atoms. The fourth-order valence-corrected chi connectivity index (χ4v) is 5.04. The number of nitrogens with zero attached hydrogens (tertiary/aromatic N) is 1.